The van der Waals surface area contributed by atoms with E-state index in [1.165, 1.54) is 12.1 Å². The standard InChI is InChI=1S/C14H17FN4OS/c1-9-18-13(8-21-9)2-3-17-7-10-4-11(14(16)19-20)6-12(15)5-10/h4-6,8,17,20H,2-3,7H2,1H3,(H2,16,19). The lowest BCUT2D eigenvalue weighted by molar-refractivity contribution is 0.318. The van der Waals surface area contributed by atoms with Crippen molar-refractivity contribution in [2.24, 2.45) is 10.9 Å². The van der Waals surface area contributed by atoms with Crippen LogP contribution in [-0.2, 0) is 13.0 Å². The summed E-state index contributed by atoms with van der Waals surface area (Å²) in [6, 6.07) is 4.35. The minimum absolute atomic E-state index is 0.103. The monoisotopic (exact) mass is 308 g/mol. The van der Waals surface area contributed by atoms with Gasteiger partial charge in [-0.3, -0.25) is 0 Å². The molecule has 2 rings (SSSR count). The Morgan fingerprint density at radius 2 is 2.29 bits per heavy atom. The highest BCUT2D eigenvalue weighted by molar-refractivity contribution is 7.09. The Bertz CT molecular complexity index is 642. The number of aromatic nitrogens is 1. The van der Waals surface area contributed by atoms with Crippen LogP contribution in [0.25, 0.3) is 0 Å². The third-order valence-corrected chi connectivity index (χ3v) is 3.74. The number of thiazole rings is 1. The van der Waals surface area contributed by atoms with Gasteiger partial charge >= 0.3 is 0 Å². The topological polar surface area (TPSA) is 83.5 Å². The number of oxime groups is 1. The van der Waals surface area contributed by atoms with Gasteiger partial charge in [0.05, 0.1) is 10.7 Å². The molecule has 0 bridgehead atoms. The van der Waals surface area contributed by atoms with Gasteiger partial charge in [0.2, 0.25) is 0 Å². The predicted molar refractivity (Wildman–Crippen MR) is 81.2 cm³/mol. The average Bonchev–Trinajstić information content (AvgIpc) is 2.88. The van der Waals surface area contributed by atoms with Crippen molar-refractivity contribution in [3.8, 4) is 0 Å². The molecule has 0 aliphatic carbocycles. The van der Waals surface area contributed by atoms with Crippen LogP contribution in [0.15, 0.2) is 28.7 Å². The molecule has 0 atom stereocenters. The van der Waals surface area contributed by atoms with Gasteiger partial charge in [-0.15, -0.1) is 11.3 Å². The molecule has 0 amide bonds. The van der Waals surface area contributed by atoms with Gasteiger partial charge in [-0.1, -0.05) is 5.16 Å². The van der Waals surface area contributed by atoms with Crippen molar-refractivity contribution in [2.45, 2.75) is 19.9 Å². The largest absolute Gasteiger partial charge is 0.409 e. The minimum Gasteiger partial charge on any atom is -0.409 e. The molecule has 1 heterocycles. The van der Waals surface area contributed by atoms with E-state index in [0.717, 1.165) is 29.2 Å². The second-order valence-corrected chi connectivity index (χ2v) is 5.68. The van der Waals surface area contributed by atoms with Crippen molar-refractivity contribution in [3.63, 3.8) is 0 Å². The molecular formula is C14H17FN4OS. The maximum Gasteiger partial charge on any atom is 0.170 e. The molecule has 1 aromatic heterocycles. The van der Waals surface area contributed by atoms with Crippen LogP contribution in [-0.4, -0.2) is 22.6 Å². The Hall–Kier alpha value is -1.99. The van der Waals surface area contributed by atoms with E-state index < -0.39 is 5.82 Å². The van der Waals surface area contributed by atoms with Gasteiger partial charge < -0.3 is 16.3 Å². The first-order valence-electron chi connectivity index (χ1n) is 6.47. The number of aryl methyl sites for hydroxylation is 1. The fourth-order valence-corrected chi connectivity index (χ4v) is 2.58. The summed E-state index contributed by atoms with van der Waals surface area (Å²) in [6.07, 6.45) is 0.826. The fourth-order valence-electron chi connectivity index (χ4n) is 1.93. The molecule has 1 aromatic carbocycles. The molecule has 2 aromatic rings. The summed E-state index contributed by atoms with van der Waals surface area (Å²) < 4.78 is 13.5. The molecule has 0 saturated carbocycles. The highest BCUT2D eigenvalue weighted by Crippen LogP contribution is 2.10. The van der Waals surface area contributed by atoms with E-state index in [0.29, 0.717) is 12.1 Å². The van der Waals surface area contributed by atoms with Crippen molar-refractivity contribution >= 4 is 17.2 Å². The molecule has 4 N–H and O–H groups in total. The molecule has 0 radical (unpaired) electrons. The first-order chi connectivity index (χ1) is 10.1. The summed E-state index contributed by atoms with van der Waals surface area (Å²) in [4.78, 5) is 4.38. The van der Waals surface area contributed by atoms with Gasteiger partial charge in [0, 0.05) is 30.5 Å². The first-order valence-corrected chi connectivity index (χ1v) is 7.35. The van der Waals surface area contributed by atoms with Crippen molar-refractivity contribution in [1.29, 1.82) is 0 Å². The number of nitrogens with zero attached hydrogens (tertiary/aromatic N) is 2. The zero-order valence-electron chi connectivity index (χ0n) is 11.6. The number of hydrogen-bond acceptors (Lipinski definition) is 5. The van der Waals surface area contributed by atoms with Gasteiger partial charge in [-0.2, -0.15) is 0 Å². The molecule has 0 aliphatic heterocycles. The Labute approximate surface area is 126 Å². The fraction of sp³-hybridized carbons (Fsp3) is 0.286. The highest BCUT2D eigenvalue weighted by Gasteiger charge is 2.05. The Kier molecular flexibility index (Phi) is 5.24. The van der Waals surface area contributed by atoms with Gasteiger partial charge in [0.25, 0.3) is 0 Å². The van der Waals surface area contributed by atoms with Crippen molar-refractivity contribution in [2.75, 3.05) is 6.54 Å². The van der Waals surface area contributed by atoms with E-state index in [2.05, 4.69) is 15.5 Å². The highest BCUT2D eigenvalue weighted by atomic mass is 32.1. The molecule has 0 saturated heterocycles. The van der Waals surface area contributed by atoms with Gasteiger partial charge in [0.15, 0.2) is 5.84 Å². The maximum absolute atomic E-state index is 13.5. The number of nitrogens with one attached hydrogen (secondary N) is 1. The van der Waals surface area contributed by atoms with E-state index in [9.17, 15) is 4.39 Å². The predicted octanol–water partition coefficient (Wildman–Crippen LogP) is 2.02. The maximum atomic E-state index is 13.5. The molecule has 21 heavy (non-hydrogen) atoms. The average molecular weight is 308 g/mol. The zero-order chi connectivity index (χ0) is 15.2. The third kappa shape index (κ3) is 4.51. The third-order valence-electron chi connectivity index (χ3n) is 2.91. The Balaban J connectivity index is 1.89. The molecule has 112 valence electrons. The second-order valence-electron chi connectivity index (χ2n) is 4.62. The Morgan fingerprint density at radius 3 is 2.95 bits per heavy atom. The summed E-state index contributed by atoms with van der Waals surface area (Å²) in [7, 11) is 0. The molecular weight excluding hydrogens is 291 g/mol. The van der Waals surface area contributed by atoms with Crippen LogP contribution in [0.2, 0.25) is 0 Å². The summed E-state index contributed by atoms with van der Waals surface area (Å²) >= 11 is 1.63. The van der Waals surface area contributed by atoms with Crippen LogP contribution in [0, 0.1) is 12.7 Å². The summed E-state index contributed by atoms with van der Waals surface area (Å²) in [5, 5.41) is 17.8. The van der Waals surface area contributed by atoms with Crippen LogP contribution >= 0.6 is 11.3 Å². The number of hydrogen-bond donors (Lipinski definition) is 3. The lowest BCUT2D eigenvalue weighted by Gasteiger charge is -2.07. The van der Waals surface area contributed by atoms with E-state index in [4.69, 9.17) is 10.9 Å². The quantitative estimate of drug-likeness (QED) is 0.251. The molecule has 0 unspecified atom stereocenters. The van der Waals surface area contributed by atoms with Crippen LogP contribution in [0.4, 0.5) is 4.39 Å². The van der Waals surface area contributed by atoms with E-state index in [-0.39, 0.29) is 5.84 Å². The summed E-state index contributed by atoms with van der Waals surface area (Å²) in [5.74, 6) is -0.514. The van der Waals surface area contributed by atoms with E-state index in [1.54, 1.807) is 17.4 Å². The van der Waals surface area contributed by atoms with Gasteiger partial charge in [0.1, 0.15) is 5.82 Å². The number of benzene rings is 1. The SMILES string of the molecule is Cc1nc(CCNCc2cc(F)cc(/C(N)=N/O)c2)cs1. The van der Waals surface area contributed by atoms with Crippen LogP contribution in [0.1, 0.15) is 21.8 Å². The first kappa shape index (κ1) is 15.4. The molecule has 0 spiro atoms. The number of rotatable bonds is 6. The molecule has 7 heteroatoms. The number of nitrogens with two attached hydrogens (primary N) is 1. The minimum atomic E-state index is -0.411. The van der Waals surface area contributed by atoms with Crippen molar-refractivity contribution < 1.29 is 9.60 Å². The van der Waals surface area contributed by atoms with Crippen LogP contribution in [0.5, 0.6) is 0 Å². The lowest BCUT2D eigenvalue weighted by atomic mass is 10.1. The zero-order valence-corrected chi connectivity index (χ0v) is 12.5. The van der Waals surface area contributed by atoms with Crippen LogP contribution in [0.3, 0.4) is 0 Å². The normalized spacial score (nSPS) is 11.8. The number of amidine groups is 1. The molecule has 0 fully saturated rings. The van der Waals surface area contributed by atoms with Crippen molar-refractivity contribution in [3.05, 3.63) is 51.2 Å². The van der Waals surface area contributed by atoms with Crippen LogP contribution < -0.4 is 11.1 Å². The number of halogens is 1. The van der Waals surface area contributed by atoms with Gasteiger partial charge in [-0.25, -0.2) is 9.37 Å². The lowest BCUT2D eigenvalue weighted by Crippen LogP contribution is -2.18. The smallest absolute Gasteiger partial charge is 0.170 e. The van der Waals surface area contributed by atoms with E-state index >= 15 is 0 Å². The summed E-state index contributed by atoms with van der Waals surface area (Å²) in [5.41, 5.74) is 7.63. The second kappa shape index (κ2) is 7.14. The molecule has 0 aliphatic rings. The van der Waals surface area contributed by atoms with Gasteiger partial charge in [-0.05, 0) is 30.7 Å². The Morgan fingerprint density at radius 1 is 1.48 bits per heavy atom. The summed E-state index contributed by atoms with van der Waals surface area (Å²) in [6.45, 7) is 3.23. The van der Waals surface area contributed by atoms with Crippen molar-refractivity contribution in [1.82, 2.24) is 10.3 Å². The van der Waals surface area contributed by atoms with E-state index in [1.807, 2.05) is 12.3 Å². The molecule has 5 nitrogen and oxygen atoms in total.